The van der Waals surface area contributed by atoms with Crippen molar-refractivity contribution >= 4 is 35.6 Å². The first-order valence-electron chi connectivity index (χ1n) is 9.92. The Morgan fingerprint density at radius 1 is 1.23 bits per heavy atom. The van der Waals surface area contributed by atoms with E-state index in [-0.39, 0.29) is 35.7 Å². The van der Waals surface area contributed by atoms with Gasteiger partial charge in [0.25, 0.3) is 0 Å². The number of nitrogens with one attached hydrogen (secondary N) is 2. The number of anilines is 1. The van der Waals surface area contributed by atoms with E-state index in [2.05, 4.69) is 20.6 Å². The minimum Gasteiger partial charge on any atom is -0.478 e. The van der Waals surface area contributed by atoms with Crippen molar-refractivity contribution in [3.63, 3.8) is 0 Å². The fourth-order valence-corrected chi connectivity index (χ4v) is 3.36. The molecule has 0 radical (unpaired) electrons. The van der Waals surface area contributed by atoms with Gasteiger partial charge in [-0.05, 0) is 38.5 Å². The topological polar surface area (TPSA) is 61.8 Å². The fourth-order valence-electron chi connectivity index (χ4n) is 3.36. The molecule has 0 bridgehead atoms. The summed E-state index contributed by atoms with van der Waals surface area (Å²) < 4.78 is 33.7. The van der Waals surface area contributed by atoms with Gasteiger partial charge in [0.2, 0.25) is 5.88 Å². The predicted octanol–water partition coefficient (Wildman–Crippen LogP) is 3.71. The van der Waals surface area contributed by atoms with E-state index in [1.165, 1.54) is 18.2 Å². The van der Waals surface area contributed by atoms with E-state index in [1.807, 2.05) is 26.0 Å². The second-order valence-corrected chi connectivity index (χ2v) is 6.74. The third-order valence-electron chi connectivity index (χ3n) is 4.67. The summed E-state index contributed by atoms with van der Waals surface area (Å²) in [5.74, 6) is 0.161. The first-order chi connectivity index (χ1) is 14.1. The summed E-state index contributed by atoms with van der Waals surface area (Å²) in [5, 5.41) is 6.59. The van der Waals surface area contributed by atoms with Gasteiger partial charge in [-0.1, -0.05) is 12.1 Å². The van der Waals surface area contributed by atoms with Crippen LogP contribution >= 0.6 is 24.0 Å². The minimum absolute atomic E-state index is 0. The smallest absolute Gasteiger partial charge is 0.218 e. The number of aromatic nitrogens is 1. The average molecular weight is 531 g/mol. The van der Waals surface area contributed by atoms with Crippen LogP contribution in [-0.2, 0) is 6.54 Å². The molecule has 1 aliphatic heterocycles. The Labute approximate surface area is 193 Å². The zero-order valence-electron chi connectivity index (χ0n) is 17.2. The van der Waals surface area contributed by atoms with Crippen LogP contribution in [0.15, 0.2) is 41.5 Å². The number of pyridine rings is 1. The van der Waals surface area contributed by atoms with Crippen molar-refractivity contribution in [1.82, 2.24) is 15.6 Å². The number of para-hydroxylation sites is 1. The third kappa shape index (κ3) is 6.16. The summed E-state index contributed by atoms with van der Waals surface area (Å²) in [4.78, 5) is 10.6. The maximum atomic E-state index is 14.1. The molecule has 0 amide bonds. The van der Waals surface area contributed by atoms with Gasteiger partial charge in [-0.3, -0.25) is 0 Å². The molecule has 164 valence electrons. The molecule has 1 unspecified atom stereocenters. The molecule has 1 saturated heterocycles. The number of benzene rings is 1. The Morgan fingerprint density at radius 2 is 2.00 bits per heavy atom. The highest BCUT2D eigenvalue weighted by Gasteiger charge is 2.27. The van der Waals surface area contributed by atoms with Crippen LogP contribution < -0.4 is 20.3 Å². The van der Waals surface area contributed by atoms with Gasteiger partial charge in [0.1, 0.15) is 17.3 Å². The molecule has 1 fully saturated rings. The minimum atomic E-state index is -0.536. The number of aliphatic imine (C=N–C) groups is 1. The zero-order valence-corrected chi connectivity index (χ0v) is 19.5. The normalized spacial score (nSPS) is 16.2. The molecule has 9 heteroatoms. The van der Waals surface area contributed by atoms with Crippen molar-refractivity contribution in [2.75, 3.05) is 31.1 Å². The monoisotopic (exact) mass is 531 g/mol. The molecule has 2 N–H and O–H groups in total. The highest BCUT2D eigenvalue weighted by molar-refractivity contribution is 14.0. The summed E-state index contributed by atoms with van der Waals surface area (Å²) in [6.45, 7) is 6.63. The Balaban J connectivity index is 0.00000320. The molecule has 2 heterocycles. The van der Waals surface area contributed by atoms with Crippen LogP contribution in [0.1, 0.15) is 25.8 Å². The first-order valence-corrected chi connectivity index (χ1v) is 9.92. The van der Waals surface area contributed by atoms with Crippen molar-refractivity contribution < 1.29 is 13.5 Å². The lowest BCUT2D eigenvalue weighted by Crippen LogP contribution is -2.44. The standard InChI is InChI=1S/C21H27F2N5O.HI/c1-3-24-21(26-13-15-7-6-11-25-20(15)29-4-2)27-16-10-12-28(14-16)19-17(22)8-5-9-18(19)23;/h5-9,11,16H,3-4,10,12-14H2,1-2H3,(H2,24,26,27);1H. The lowest BCUT2D eigenvalue weighted by molar-refractivity contribution is 0.323. The zero-order chi connectivity index (χ0) is 20.6. The van der Waals surface area contributed by atoms with Gasteiger partial charge < -0.3 is 20.3 Å². The highest BCUT2D eigenvalue weighted by atomic mass is 127. The van der Waals surface area contributed by atoms with Gasteiger partial charge in [-0.2, -0.15) is 0 Å². The van der Waals surface area contributed by atoms with E-state index >= 15 is 0 Å². The Hall–Kier alpha value is -2.17. The Bertz CT molecular complexity index is 832. The number of ether oxygens (including phenoxy) is 1. The van der Waals surface area contributed by atoms with Gasteiger partial charge in [0.15, 0.2) is 5.96 Å². The van der Waals surface area contributed by atoms with Crippen LogP contribution in [-0.4, -0.2) is 43.2 Å². The maximum absolute atomic E-state index is 14.1. The summed E-state index contributed by atoms with van der Waals surface area (Å²) >= 11 is 0. The molecule has 2 aromatic rings. The van der Waals surface area contributed by atoms with E-state index in [4.69, 9.17) is 4.74 Å². The van der Waals surface area contributed by atoms with Crippen molar-refractivity contribution in [2.45, 2.75) is 32.9 Å². The number of nitrogens with zero attached hydrogens (tertiary/aromatic N) is 3. The number of hydrogen-bond acceptors (Lipinski definition) is 4. The molecule has 1 aromatic heterocycles. The van der Waals surface area contributed by atoms with Crippen molar-refractivity contribution in [3.05, 3.63) is 53.7 Å². The molecular weight excluding hydrogens is 503 g/mol. The molecular formula is C21H28F2IN5O. The average Bonchev–Trinajstić information content (AvgIpc) is 3.15. The summed E-state index contributed by atoms with van der Waals surface area (Å²) in [6, 6.07) is 7.77. The molecule has 3 rings (SSSR count). The van der Waals surface area contributed by atoms with Crippen LogP contribution in [0, 0.1) is 11.6 Å². The number of guanidine groups is 1. The number of hydrogen-bond donors (Lipinski definition) is 2. The molecule has 30 heavy (non-hydrogen) atoms. The van der Waals surface area contributed by atoms with E-state index in [0.717, 1.165) is 12.0 Å². The Morgan fingerprint density at radius 3 is 2.70 bits per heavy atom. The van der Waals surface area contributed by atoms with Gasteiger partial charge >= 0.3 is 0 Å². The largest absolute Gasteiger partial charge is 0.478 e. The molecule has 1 aliphatic rings. The van der Waals surface area contributed by atoms with E-state index in [0.29, 0.717) is 44.6 Å². The molecule has 0 spiro atoms. The van der Waals surface area contributed by atoms with Crippen LogP contribution in [0.5, 0.6) is 5.88 Å². The van der Waals surface area contributed by atoms with Crippen LogP contribution in [0.2, 0.25) is 0 Å². The lowest BCUT2D eigenvalue weighted by Gasteiger charge is -2.21. The molecule has 0 saturated carbocycles. The van der Waals surface area contributed by atoms with Crippen LogP contribution in [0.25, 0.3) is 0 Å². The molecule has 6 nitrogen and oxygen atoms in total. The molecule has 0 aliphatic carbocycles. The van der Waals surface area contributed by atoms with Gasteiger partial charge in [0, 0.05) is 37.4 Å². The van der Waals surface area contributed by atoms with Gasteiger partial charge in [0.05, 0.1) is 13.2 Å². The van der Waals surface area contributed by atoms with Crippen LogP contribution in [0.4, 0.5) is 14.5 Å². The summed E-state index contributed by atoms with van der Waals surface area (Å²) in [5.41, 5.74) is 0.934. The van der Waals surface area contributed by atoms with Crippen molar-refractivity contribution in [3.8, 4) is 5.88 Å². The Kier molecular flexibility index (Phi) is 9.54. The summed E-state index contributed by atoms with van der Waals surface area (Å²) in [7, 11) is 0. The summed E-state index contributed by atoms with van der Waals surface area (Å²) in [6.07, 6.45) is 2.45. The fraction of sp³-hybridized carbons (Fsp3) is 0.429. The van der Waals surface area contributed by atoms with E-state index in [9.17, 15) is 8.78 Å². The lowest BCUT2D eigenvalue weighted by atomic mass is 10.2. The highest BCUT2D eigenvalue weighted by Crippen LogP contribution is 2.26. The SMILES string of the molecule is CCNC(=NCc1cccnc1OCC)NC1CCN(c2c(F)cccc2F)C1.I. The predicted molar refractivity (Wildman–Crippen MR) is 126 cm³/mol. The van der Waals surface area contributed by atoms with Crippen molar-refractivity contribution in [1.29, 1.82) is 0 Å². The van der Waals surface area contributed by atoms with Crippen molar-refractivity contribution in [2.24, 2.45) is 4.99 Å². The van der Waals surface area contributed by atoms with E-state index in [1.54, 1.807) is 11.1 Å². The van der Waals surface area contributed by atoms with E-state index < -0.39 is 11.6 Å². The first kappa shape index (κ1) is 24.1. The second-order valence-electron chi connectivity index (χ2n) is 6.74. The van der Waals surface area contributed by atoms with Crippen LogP contribution in [0.3, 0.4) is 0 Å². The third-order valence-corrected chi connectivity index (χ3v) is 4.67. The quantitative estimate of drug-likeness (QED) is 0.324. The number of halogens is 3. The van der Waals surface area contributed by atoms with Gasteiger partial charge in [-0.15, -0.1) is 24.0 Å². The molecule has 1 atom stereocenters. The van der Waals surface area contributed by atoms with Gasteiger partial charge in [-0.25, -0.2) is 18.8 Å². The maximum Gasteiger partial charge on any atom is 0.218 e. The molecule has 1 aromatic carbocycles. The second kappa shape index (κ2) is 11.9. The number of rotatable bonds is 7.